The molecule has 1 aromatic heterocycles. The molecule has 36 heavy (non-hydrogen) atoms. The number of ether oxygens (including phenoxy) is 4. The molecule has 0 radical (unpaired) electrons. The van der Waals surface area contributed by atoms with Crippen molar-refractivity contribution in [3.05, 3.63) is 48.0 Å². The number of aromatic nitrogens is 1. The fraction of sp³-hybridized carbons (Fsp3) is 0.393. The van der Waals surface area contributed by atoms with Crippen LogP contribution in [0.5, 0.6) is 17.2 Å². The van der Waals surface area contributed by atoms with E-state index >= 15 is 0 Å². The Kier molecular flexibility index (Phi) is 7.93. The van der Waals surface area contributed by atoms with Gasteiger partial charge in [0.25, 0.3) is 5.91 Å². The molecule has 1 aliphatic rings. The molecule has 0 spiro atoms. The Labute approximate surface area is 211 Å². The van der Waals surface area contributed by atoms with Crippen LogP contribution in [0.2, 0.25) is 0 Å². The number of para-hydroxylation sites is 1. The molecule has 0 atom stereocenters. The molecule has 0 bridgehead atoms. The molecule has 0 N–H and O–H groups in total. The summed E-state index contributed by atoms with van der Waals surface area (Å²) in [6.07, 6.45) is 3.17. The lowest BCUT2D eigenvalue weighted by Crippen LogP contribution is -2.36. The van der Waals surface area contributed by atoms with Crippen molar-refractivity contribution in [2.24, 2.45) is 5.92 Å². The third kappa shape index (κ3) is 5.53. The minimum Gasteiger partial charge on any atom is -0.493 e. The molecule has 8 heteroatoms. The highest BCUT2D eigenvalue weighted by Crippen LogP contribution is 2.41. The number of pyridine rings is 1. The standard InChI is InChI=1S/C28H32N2O6/c1-5-12-30(16-18-10-11-18)26(31)17-36-28(32)21-15-23(29-22-9-7-6-8-20(21)22)19-13-24(33-2)27(35-4)25(14-19)34-3/h6-9,13-15,18H,5,10-12,16-17H2,1-4H3. The van der Waals surface area contributed by atoms with Gasteiger partial charge in [0.1, 0.15) is 0 Å². The van der Waals surface area contributed by atoms with E-state index in [0.717, 1.165) is 25.8 Å². The van der Waals surface area contributed by atoms with E-state index in [1.54, 1.807) is 37.3 Å². The molecule has 190 valence electrons. The van der Waals surface area contributed by atoms with Crippen LogP contribution in [0.25, 0.3) is 22.2 Å². The zero-order valence-electron chi connectivity index (χ0n) is 21.2. The van der Waals surface area contributed by atoms with Crippen LogP contribution >= 0.6 is 0 Å². The van der Waals surface area contributed by atoms with Crippen molar-refractivity contribution in [2.45, 2.75) is 26.2 Å². The largest absolute Gasteiger partial charge is 0.493 e. The second kappa shape index (κ2) is 11.3. The van der Waals surface area contributed by atoms with Gasteiger partial charge >= 0.3 is 5.97 Å². The number of rotatable bonds is 11. The quantitative estimate of drug-likeness (QED) is 0.358. The number of esters is 1. The van der Waals surface area contributed by atoms with Gasteiger partial charge in [-0.05, 0) is 49.4 Å². The summed E-state index contributed by atoms with van der Waals surface area (Å²) < 4.78 is 21.9. The highest BCUT2D eigenvalue weighted by atomic mass is 16.5. The van der Waals surface area contributed by atoms with Gasteiger partial charge < -0.3 is 23.8 Å². The maximum atomic E-state index is 13.2. The molecule has 8 nitrogen and oxygen atoms in total. The maximum absolute atomic E-state index is 13.2. The number of fused-ring (bicyclic) bond motifs is 1. The highest BCUT2D eigenvalue weighted by molar-refractivity contribution is 6.05. The number of carbonyl (C=O) groups is 2. The molecule has 0 saturated heterocycles. The van der Waals surface area contributed by atoms with Crippen LogP contribution in [-0.2, 0) is 9.53 Å². The van der Waals surface area contributed by atoms with Gasteiger partial charge in [0.15, 0.2) is 18.1 Å². The summed E-state index contributed by atoms with van der Waals surface area (Å²) in [6.45, 7) is 3.14. The second-order valence-electron chi connectivity index (χ2n) is 8.85. The first-order valence-electron chi connectivity index (χ1n) is 12.1. The number of nitrogens with zero attached hydrogens (tertiary/aromatic N) is 2. The van der Waals surface area contributed by atoms with Crippen molar-refractivity contribution in [1.29, 1.82) is 0 Å². The molecular formula is C28H32N2O6. The average Bonchev–Trinajstić information content (AvgIpc) is 3.73. The number of methoxy groups -OCH3 is 3. The average molecular weight is 493 g/mol. The van der Waals surface area contributed by atoms with Gasteiger partial charge in [-0.25, -0.2) is 9.78 Å². The van der Waals surface area contributed by atoms with Gasteiger partial charge in [-0.3, -0.25) is 4.79 Å². The summed E-state index contributed by atoms with van der Waals surface area (Å²) in [7, 11) is 4.62. The fourth-order valence-corrected chi connectivity index (χ4v) is 4.22. The molecule has 1 aliphatic carbocycles. The van der Waals surface area contributed by atoms with Gasteiger partial charge in [-0.15, -0.1) is 0 Å². The normalized spacial score (nSPS) is 12.8. The first-order valence-corrected chi connectivity index (χ1v) is 12.1. The van der Waals surface area contributed by atoms with Crippen molar-refractivity contribution in [1.82, 2.24) is 9.88 Å². The van der Waals surface area contributed by atoms with Gasteiger partial charge in [0.05, 0.1) is 38.1 Å². The predicted molar refractivity (Wildman–Crippen MR) is 137 cm³/mol. The fourth-order valence-electron chi connectivity index (χ4n) is 4.22. The summed E-state index contributed by atoms with van der Waals surface area (Å²) in [6, 6.07) is 12.6. The van der Waals surface area contributed by atoms with Crippen molar-refractivity contribution in [3.8, 4) is 28.5 Å². The van der Waals surface area contributed by atoms with Crippen LogP contribution in [0, 0.1) is 5.92 Å². The lowest BCUT2D eigenvalue weighted by atomic mass is 10.0. The van der Waals surface area contributed by atoms with Gasteiger partial charge in [-0.2, -0.15) is 0 Å². The van der Waals surface area contributed by atoms with Crippen molar-refractivity contribution < 1.29 is 28.5 Å². The van der Waals surface area contributed by atoms with Crippen molar-refractivity contribution >= 4 is 22.8 Å². The Balaban J connectivity index is 1.65. The summed E-state index contributed by atoms with van der Waals surface area (Å²) in [5, 5.41) is 0.648. The number of carbonyl (C=O) groups excluding carboxylic acids is 2. The van der Waals surface area contributed by atoms with Crippen LogP contribution in [0.3, 0.4) is 0 Å². The lowest BCUT2D eigenvalue weighted by molar-refractivity contribution is -0.134. The van der Waals surface area contributed by atoms with E-state index in [-0.39, 0.29) is 12.5 Å². The topological polar surface area (TPSA) is 87.2 Å². The molecule has 2 aromatic carbocycles. The Morgan fingerprint density at radius 2 is 1.69 bits per heavy atom. The zero-order chi connectivity index (χ0) is 25.7. The Morgan fingerprint density at radius 1 is 1.00 bits per heavy atom. The molecule has 1 fully saturated rings. The smallest absolute Gasteiger partial charge is 0.339 e. The van der Waals surface area contributed by atoms with Gasteiger partial charge in [-0.1, -0.05) is 25.1 Å². The van der Waals surface area contributed by atoms with E-state index in [4.69, 9.17) is 23.9 Å². The van der Waals surface area contributed by atoms with Crippen LogP contribution in [-0.4, -0.2) is 62.8 Å². The Morgan fingerprint density at radius 3 is 2.31 bits per heavy atom. The number of amides is 1. The van der Waals surface area contributed by atoms with Crippen molar-refractivity contribution in [3.63, 3.8) is 0 Å². The van der Waals surface area contributed by atoms with Crippen LogP contribution in [0.1, 0.15) is 36.5 Å². The number of benzene rings is 2. The van der Waals surface area contributed by atoms with E-state index < -0.39 is 5.97 Å². The van der Waals surface area contributed by atoms with E-state index in [2.05, 4.69) is 0 Å². The molecule has 1 heterocycles. The molecule has 3 aromatic rings. The van der Waals surface area contributed by atoms with E-state index in [1.807, 2.05) is 31.2 Å². The summed E-state index contributed by atoms with van der Waals surface area (Å²) in [4.78, 5) is 32.6. The third-order valence-corrected chi connectivity index (χ3v) is 6.25. The third-order valence-electron chi connectivity index (χ3n) is 6.25. The Bertz CT molecular complexity index is 1230. The predicted octanol–water partition coefficient (Wildman–Crippen LogP) is 4.73. The van der Waals surface area contributed by atoms with E-state index in [0.29, 0.717) is 57.4 Å². The molecule has 1 amide bonds. The van der Waals surface area contributed by atoms with Gasteiger partial charge in [0.2, 0.25) is 5.75 Å². The van der Waals surface area contributed by atoms with Crippen LogP contribution in [0.15, 0.2) is 42.5 Å². The first kappa shape index (κ1) is 25.3. The van der Waals surface area contributed by atoms with Crippen molar-refractivity contribution in [2.75, 3.05) is 41.0 Å². The molecular weight excluding hydrogens is 460 g/mol. The molecule has 4 rings (SSSR count). The minimum atomic E-state index is -0.571. The molecule has 0 aliphatic heterocycles. The second-order valence-corrected chi connectivity index (χ2v) is 8.85. The van der Waals surface area contributed by atoms with Crippen LogP contribution < -0.4 is 14.2 Å². The first-order chi connectivity index (χ1) is 17.5. The zero-order valence-corrected chi connectivity index (χ0v) is 21.2. The summed E-state index contributed by atoms with van der Waals surface area (Å²) >= 11 is 0. The minimum absolute atomic E-state index is 0.166. The Hall–Kier alpha value is -3.81. The lowest BCUT2D eigenvalue weighted by Gasteiger charge is -2.22. The van der Waals surface area contributed by atoms with E-state index in [1.165, 1.54) is 7.11 Å². The molecule has 0 unspecified atom stereocenters. The number of hydrogen-bond acceptors (Lipinski definition) is 7. The highest BCUT2D eigenvalue weighted by Gasteiger charge is 2.27. The SMILES string of the molecule is CCCN(CC1CC1)C(=O)COC(=O)c1cc(-c2cc(OC)c(OC)c(OC)c2)nc2ccccc12. The number of hydrogen-bond donors (Lipinski definition) is 0. The van der Waals surface area contributed by atoms with Gasteiger partial charge in [0, 0.05) is 24.0 Å². The van der Waals surface area contributed by atoms with E-state index in [9.17, 15) is 9.59 Å². The summed E-state index contributed by atoms with van der Waals surface area (Å²) in [5.74, 6) is 1.25. The van der Waals surface area contributed by atoms with Crippen LogP contribution in [0.4, 0.5) is 0 Å². The summed E-state index contributed by atoms with van der Waals surface area (Å²) in [5.41, 5.74) is 2.18. The molecule has 1 saturated carbocycles. The monoisotopic (exact) mass is 492 g/mol. The maximum Gasteiger partial charge on any atom is 0.339 e.